The molecule has 0 amide bonds. The van der Waals surface area contributed by atoms with E-state index in [4.69, 9.17) is 0 Å². The van der Waals surface area contributed by atoms with Crippen molar-refractivity contribution in [1.82, 2.24) is 0 Å². The highest BCUT2D eigenvalue weighted by Crippen LogP contribution is 2.15. The first-order valence-corrected chi connectivity index (χ1v) is 6.79. The second-order valence-electron chi connectivity index (χ2n) is 2.41. The van der Waals surface area contributed by atoms with Gasteiger partial charge in [0, 0.05) is 17.7 Å². The predicted octanol–water partition coefficient (Wildman–Crippen LogP) is -0.0503. The third-order valence-corrected chi connectivity index (χ3v) is 5.07. The average molecular weight is 254 g/mol. The van der Waals surface area contributed by atoms with Crippen LogP contribution in [-0.2, 0) is 29.2 Å². The van der Waals surface area contributed by atoms with Gasteiger partial charge >= 0.3 is 10.7 Å². The molecule has 0 radical (unpaired) electrons. The molecule has 0 aromatic heterocycles. The fourth-order valence-electron chi connectivity index (χ4n) is 0.614. The lowest BCUT2D eigenvalue weighted by atomic mass is 10.8. The van der Waals surface area contributed by atoms with Crippen LogP contribution in [-0.4, -0.2) is 27.6 Å². The fourth-order valence-corrected chi connectivity index (χ4v) is 3.43. The van der Waals surface area contributed by atoms with Gasteiger partial charge in [-0.05, 0) is 0 Å². The van der Waals surface area contributed by atoms with E-state index in [1.165, 1.54) is 0 Å². The van der Waals surface area contributed by atoms with Gasteiger partial charge in [0.1, 0.15) is 0 Å². The van der Waals surface area contributed by atoms with E-state index >= 15 is 0 Å². The van der Waals surface area contributed by atoms with E-state index in [1.54, 1.807) is 0 Å². The van der Waals surface area contributed by atoms with Gasteiger partial charge in [-0.25, -0.2) is 16.8 Å². The van der Waals surface area contributed by atoms with E-state index in [0.717, 1.165) is 6.92 Å². The summed E-state index contributed by atoms with van der Waals surface area (Å²) in [5.74, 6) is -1.03. The Labute approximate surface area is 88.1 Å². The Morgan fingerprint density at radius 3 is 1.67 bits per heavy atom. The summed E-state index contributed by atoms with van der Waals surface area (Å²) in [6, 6.07) is 0. The summed E-state index contributed by atoms with van der Waals surface area (Å²) >= 11 is 0. The largest absolute Gasteiger partial charge is 0.429 e. The third-order valence-electron chi connectivity index (χ3n) is 1.26. The lowest BCUT2D eigenvalue weighted by Crippen LogP contribution is -2.32. The van der Waals surface area contributed by atoms with Crippen molar-refractivity contribution in [1.29, 1.82) is 0 Å². The number of rotatable bonds is 5. The molecular formula is C7H10O6S2. The molecule has 0 aliphatic carbocycles. The smallest absolute Gasteiger partial charge is 0.308 e. The van der Waals surface area contributed by atoms with Gasteiger partial charge in [-0.1, -0.05) is 13.2 Å². The summed E-state index contributed by atoms with van der Waals surface area (Å²) in [4.78, 5) is 10.6. The van der Waals surface area contributed by atoms with Crippen LogP contribution in [0.4, 0.5) is 0 Å². The molecule has 0 rings (SSSR count). The minimum atomic E-state index is -4.26. The van der Waals surface area contributed by atoms with Gasteiger partial charge in [0.15, 0.2) is 0 Å². The summed E-state index contributed by atoms with van der Waals surface area (Å²) in [6.45, 7) is 6.75. The van der Waals surface area contributed by atoms with E-state index in [1.807, 2.05) is 0 Å². The lowest BCUT2D eigenvalue weighted by Gasteiger charge is -2.13. The summed E-state index contributed by atoms with van der Waals surface area (Å²) in [6.07, 6.45) is 0. The average Bonchev–Trinajstić information content (AvgIpc) is 2.13. The molecule has 15 heavy (non-hydrogen) atoms. The van der Waals surface area contributed by atoms with Gasteiger partial charge < -0.3 is 4.74 Å². The molecule has 0 atom stereocenters. The Hall–Kier alpha value is -1.15. The van der Waals surface area contributed by atoms with Crippen LogP contribution >= 0.6 is 0 Å². The van der Waals surface area contributed by atoms with Crippen LogP contribution in [0.1, 0.15) is 6.92 Å². The van der Waals surface area contributed by atoms with Crippen molar-refractivity contribution in [3.63, 3.8) is 0 Å². The number of sulfone groups is 2. The zero-order chi connectivity index (χ0) is 12.3. The molecule has 0 aliphatic rings. The van der Waals surface area contributed by atoms with Gasteiger partial charge in [-0.2, -0.15) is 0 Å². The molecule has 0 bridgehead atoms. The van der Waals surface area contributed by atoms with Crippen molar-refractivity contribution in [3.8, 4) is 0 Å². The van der Waals surface area contributed by atoms with E-state index in [9.17, 15) is 21.6 Å². The van der Waals surface area contributed by atoms with Crippen LogP contribution < -0.4 is 0 Å². The van der Waals surface area contributed by atoms with Gasteiger partial charge in [-0.15, -0.1) is 0 Å². The molecule has 0 aliphatic heterocycles. The molecule has 0 aromatic carbocycles. The van der Waals surface area contributed by atoms with Crippen LogP contribution in [0.2, 0.25) is 0 Å². The zero-order valence-electron chi connectivity index (χ0n) is 7.91. The second kappa shape index (κ2) is 4.58. The fraction of sp³-hybridized carbons (Fsp3) is 0.286. The number of hydrogen-bond acceptors (Lipinski definition) is 6. The lowest BCUT2D eigenvalue weighted by molar-refractivity contribution is -0.140. The Balaban J connectivity index is 5.56. The van der Waals surface area contributed by atoms with Crippen molar-refractivity contribution in [3.05, 3.63) is 24.0 Å². The van der Waals surface area contributed by atoms with E-state index in [0.29, 0.717) is 10.8 Å². The monoisotopic (exact) mass is 254 g/mol. The van der Waals surface area contributed by atoms with Crippen LogP contribution in [0.5, 0.6) is 0 Å². The quantitative estimate of drug-likeness (QED) is 0.638. The molecule has 0 saturated heterocycles. The molecule has 0 saturated carbocycles. The number of carbonyl (C=O) groups excluding carboxylic acids is 1. The van der Waals surface area contributed by atoms with Crippen molar-refractivity contribution < 1.29 is 26.4 Å². The van der Waals surface area contributed by atoms with Crippen molar-refractivity contribution in [2.75, 3.05) is 0 Å². The molecule has 0 fully saturated rings. The normalized spacial score (nSPS) is 12.1. The first-order chi connectivity index (χ1) is 6.67. The highest BCUT2D eigenvalue weighted by Gasteiger charge is 2.36. The molecule has 0 heterocycles. The Morgan fingerprint density at radius 1 is 1.13 bits per heavy atom. The minimum absolute atomic E-state index is 0.404. The topological polar surface area (TPSA) is 94.6 Å². The first kappa shape index (κ1) is 13.8. The standard InChI is InChI=1S/C7H10O6S2/c1-4-14(9,10)7(13-6(3)8)15(11,12)5-2/h4-5,7H,1-2H2,3H3. The maximum atomic E-state index is 11.2. The summed E-state index contributed by atoms with van der Waals surface area (Å²) in [7, 11) is -8.53. The molecule has 6 nitrogen and oxygen atoms in total. The van der Waals surface area contributed by atoms with Gasteiger partial charge in [-0.3, -0.25) is 4.79 Å². The molecule has 0 unspecified atom stereocenters. The van der Waals surface area contributed by atoms with Crippen LogP contribution in [0, 0.1) is 0 Å². The summed E-state index contributed by atoms with van der Waals surface area (Å²) < 4.78 is 46.8. The summed E-state index contributed by atoms with van der Waals surface area (Å²) in [5, 5.41) is 0.809. The van der Waals surface area contributed by atoms with E-state index < -0.39 is 30.4 Å². The van der Waals surface area contributed by atoms with Gasteiger partial charge in [0.2, 0.25) is 19.7 Å². The number of carbonyl (C=O) groups is 1. The SMILES string of the molecule is C=CS(=O)(=O)C(OC(C)=O)S(=O)(=O)C=C. The van der Waals surface area contributed by atoms with Crippen molar-refractivity contribution >= 4 is 25.6 Å². The Morgan fingerprint density at radius 2 is 1.47 bits per heavy atom. The third kappa shape index (κ3) is 3.48. The van der Waals surface area contributed by atoms with Gasteiger partial charge in [0.25, 0.3) is 0 Å². The van der Waals surface area contributed by atoms with E-state index in [-0.39, 0.29) is 0 Å². The molecular weight excluding hydrogens is 244 g/mol. The van der Waals surface area contributed by atoms with E-state index in [2.05, 4.69) is 17.9 Å². The van der Waals surface area contributed by atoms with Crippen molar-refractivity contribution in [2.45, 2.75) is 11.7 Å². The molecule has 86 valence electrons. The summed E-state index contributed by atoms with van der Waals surface area (Å²) in [5.41, 5.74) is 0. The molecule has 0 aromatic rings. The minimum Gasteiger partial charge on any atom is -0.429 e. The number of ether oxygens (including phenoxy) is 1. The zero-order valence-corrected chi connectivity index (χ0v) is 9.55. The predicted molar refractivity (Wildman–Crippen MR) is 53.8 cm³/mol. The highest BCUT2D eigenvalue weighted by atomic mass is 32.3. The van der Waals surface area contributed by atoms with Crippen molar-refractivity contribution in [2.24, 2.45) is 0 Å². The number of hydrogen-bond donors (Lipinski definition) is 0. The second-order valence-corrected chi connectivity index (χ2v) is 6.59. The molecule has 0 N–H and O–H groups in total. The maximum absolute atomic E-state index is 11.2. The Kier molecular flexibility index (Phi) is 4.23. The number of esters is 1. The Bertz CT molecular complexity index is 432. The van der Waals surface area contributed by atoms with Crippen LogP contribution in [0.3, 0.4) is 0 Å². The highest BCUT2D eigenvalue weighted by molar-refractivity contribution is 8.11. The first-order valence-electron chi connectivity index (χ1n) is 3.57. The van der Waals surface area contributed by atoms with Gasteiger partial charge in [0.05, 0.1) is 0 Å². The molecule has 0 spiro atoms. The maximum Gasteiger partial charge on any atom is 0.308 e. The molecule has 8 heteroatoms. The van der Waals surface area contributed by atoms with Crippen LogP contribution in [0.25, 0.3) is 0 Å². The van der Waals surface area contributed by atoms with Crippen LogP contribution in [0.15, 0.2) is 24.0 Å².